The van der Waals surface area contributed by atoms with Crippen LogP contribution >= 0.6 is 11.6 Å². The molecule has 0 spiro atoms. The zero-order chi connectivity index (χ0) is 23.4. The first-order chi connectivity index (χ1) is 16.0. The van der Waals surface area contributed by atoms with Crippen LogP contribution in [0, 0.1) is 0 Å². The van der Waals surface area contributed by atoms with Crippen molar-refractivity contribution in [3.63, 3.8) is 0 Å². The first-order valence-electron chi connectivity index (χ1n) is 10.4. The Morgan fingerprint density at radius 1 is 1.18 bits per heavy atom. The van der Waals surface area contributed by atoms with Crippen molar-refractivity contribution in [2.24, 2.45) is 0 Å². The van der Waals surface area contributed by atoms with Crippen molar-refractivity contribution in [2.45, 2.75) is 13.8 Å². The number of hydrogen-bond donors (Lipinski definition) is 1. The van der Waals surface area contributed by atoms with Gasteiger partial charge < -0.3 is 19.2 Å². The molecule has 0 saturated carbocycles. The fourth-order valence-corrected chi connectivity index (χ4v) is 3.63. The summed E-state index contributed by atoms with van der Waals surface area (Å²) in [5.41, 5.74) is 4.20. The van der Waals surface area contributed by atoms with E-state index < -0.39 is 0 Å². The number of furan rings is 1. The van der Waals surface area contributed by atoms with Gasteiger partial charge in [0, 0.05) is 34.9 Å². The minimum atomic E-state index is -0.299. The number of methoxy groups -OCH3 is 1. The van der Waals surface area contributed by atoms with Gasteiger partial charge in [-0.05, 0) is 55.3 Å². The minimum Gasteiger partial charge on any atom is -0.497 e. The highest BCUT2D eigenvalue weighted by atomic mass is 35.5. The third-order valence-corrected chi connectivity index (χ3v) is 5.35. The molecule has 7 heteroatoms. The third kappa shape index (κ3) is 5.02. The number of nitrogens with one attached hydrogen (secondary N) is 1. The standard InChI is InChI=1S/C26H23ClN2O4/c1-4-32-23-13-24-21(22(15-33-24)17-5-8-19(31-3)9-6-17)12-20(23)16(2)11-26(30)29-25-10-7-18(27)14-28-25/h5-15H,4H2,1-3H3,(H,28,29,30)/b16-11+. The molecule has 0 saturated heterocycles. The van der Waals surface area contributed by atoms with E-state index in [1.165, 1.54) is 12.3 Å². The molecule has 2 aromatic carbocycles. The molecule has 1 N–H and O–H groups in total. The van der Waals surface area contributed by atoms with Crippen LogP contribution in [0.1, 0.15) is 19.4 Å². The zero-order valence-corrected chi connectivity index (χ0v) is 19.3. The summed E-state index contributed by atoms with van der Waals surface area (Å²) in [6.45, 7) is 4.27. The van der Waals surface area contributed by atoms with E-state index in [0.29, 0.717) is 28.8 Å². The summed E-state index contributed by atoms with van der Waals surface area (Å²) in [7, 11) is 1.64. The van der Waals surface area contributed by atoms with E-state index in [0.717, 1.165) is 33.4 Å². The lowest BCUT2D eigenvalue weighted by molar-refractivity contribution is -0.111. The molecule has 4 aromatic rings. The van der Waals surface area contributed by atoms with Crippen molar-refractivity contribution < 1.29 is 18.7 Å². The number of nitrogens with zero attached hydrogens (tertiary/aromatic N) is 1. The van der Waals surface area contributed by atoms with Gasteiger partial charge in [0.15, 0.2) is 0 Å². The molecular formula is C26H23ClN2O4. The summed E-state index contributed by atoms with van der Waals surface area (Å²) in [5.74, 6) is 1.55. The summed E-state index contributed by atoms with van der Waals surface area (Å²) >= 11 is 5.86. The van der Waals surface area contributed by atoms with Crippen LogP contribution in [0.5, 0.6) is 11.5 Å². The van der Waals surface area contributed by atoms with Crippen LogP contribution in [0.3, 0.4) is 0 Å². The van der Waals surface area contributed by atoms with Crippen LogP contribution in [-0.2, 0) is 4.79 Å². The SMILES string of the molecule is CCOc1cc2occ(-c3ccc(OC)cc3)c2cc1/C(C)=C/C(=O)Nc1ccc(Cl)cn1. The lowest BCUT2D eigenvalue weighted by atomic mass is 9.99. The second kappa shape index (κ2) is 9.79. The highest BCUT2D eigenvalue weighted by molar-refractivity contribution is 6.30. The Bertz CT molecular complexity index is 1310. The van der Waals surface area contributed by atoms with Gasteiger partial charge in [-0.15, -0.1) is 0 Å². The number of halogens is 1. The van der Waals surface area contributed by atoms with Gasteiger partial charge in [0.2, 0.25) is 5.91 Å². The molecule has 0 bridgehead atoms. The fraction of sp³-hybridized carbons (Fsp3) is 0.154. The normalized spacial score (nSPS) is 11.5. The maximum Gasteiger partial charge on any atom is 0.249 e. The van der Waals surface area contributed by atoms with Gasteiger partial charge in [-0.3, -0.25) is 4.79 Å². The Morgan fingerprint density at radius 2 is 1.97 bits per heavy atom. The molecule has 0 atom stereocenters. The first kappa shape index (κ1) is 22.4. The van der Waals surface area contributed by atoms with Gasteiger partial charge in [0.25, 0.3) is 0 Å². The van der Waals surface area contributed by atoms with E-state index in [9.17, 15) is 4.79 Å². The summed E-state index contributed by atoms with van der Waals surface area (Å²) in [6, 6.07) is 14.9. The molecule has 4 rings (SSSR count). The summed E-state index contributed by atoms with van der Waals surface area (Å²) in [5, 5.41) is 4.17. The van der Waals surface area contributed by atoms with Crippen molar-refractivity contribution in [1.29, 1.82) is 0 Å². The van der Waals surface area contributed by atoms with Crippen LogP contribution < -0.4 is 14.8 Å². The molecule has 6 nitrogen and oxygen atoms in total. The maximum absolute atomic E-state index is 12.6. The number of ether oxygens (including phenoxy) is 2. The third-order valence-electron chi connectivity index (χ3n) is 5.13. The van der Waals surface area contributed by atoms with Gasteiger partial charge in [0.05, 0.1) is 25.0 Å². The largest absolute Gasteiger partial charge is 0.497 e. The first-order valence-corrected chi connectivity index (χ1v) is 10.8. The molecule has 2 aromatic heterocycles. The second-order valence-electron chi connectivity index (χ2n) is 7.33. The van der Waals surface area contributed by atoms with Gasteiger partial charge in [-0.25, -0.2) is 4.98 Å². The molecule has 1 amide bonds. The van der Waals surface area contributed by atoms with E-state index in [-0.39, 0.29) is 5.91 Å². The molecule has 0 aliphatic carbocycles. The van der Waals surface area contributed by atoms with Gasteiger partial charge >= 0.3 is 0 Å². The van der Waals surface area contributed by atoms with E-state index >= 15 is 0 Å². The van der Waals surface area contributed by atoms with E-state index in [1.807, 2.05) is 50.2 Å². The molecular weight excluding hydrogens is 440 g/mol. The predicted molar refractivity (Wildman–Crippen MR) is 131 cm³/mol. The van der Waals surface area contributed by atoms with Gasteiger partial charge in [0.1, 0.15) is 22.9 Å². The average molecular weight is 463 g/mol. The number of pyridine rings is 1. The number of carbonyl (C=O) groups excluding carboxylic acids is 1. The number of aromatic nitrogens is 1. The molecule has 2 heterocycles. The van der Waals surface area contributed by atoms with Crippen molar-refractivity contribution in [1.82, 2.24) is 4.98 Å². The van der Waals surface area contributed by atoms with Crippen LogP contribution in [-0.4, -0.2) is 24.6 Å². The Labute approximate surface area is 196 Å². The van der Waals surface area contributed by atoms with E-state index in [4.69, 9.17) is 25.5 Å². The summed E-state index contributed by atoms with van der Waals surface area (Å²) in [4.78, 5) is 16.7. The van der Waals surface area contributed by atoms with Gasteiger partial charge in [-0.1, -0.05) is 23.7 Å². The quantitative estimate of drug-likeness (QED) is 0.313. The molecule has 0 fully saturated rings. The molecule has 0 unspecified atom stereocenters. The Balaban J connectivity index is 1.70. The smallest absolute Gasteiger partial charge is 0.249 e. The molecule has 33 heavy (non-hydrogen) atoms. The average Bonchev–Trinajstić information content (AvgIpc) is 3.23. The zero-order valence-electron chi connectivity index (χ0n) is 18.5. The lowest BCUT2D eigenvalue weighted by Gasteiger charge is -2.12. The highest BCUT2D eigenvalue weighted by Gasteiger charge is 2.15. The fourth-order valence-electron chi connectivity index (χ4n) is 3.52. The van der Waals surface area contributed by atoms with Crippen LogP contribution in [0.25, 0.3) is 27.7 Å². The Kier molecular flexibility index (Phi) is 6.66. The number of carbonyl (C=O) groups is 1. The number of rotatable bonds is 7. The van der Waals surface area contributed by atoms with Crippen molar-refractivity contribution in [3.8, 4) is 22.6 Å². The Morgan fingerprint density at radius 3 is 2.64 bits per heavy atom. The lowest BCUT2D eigenvalue weighted by Crippen LogP contribution is -2.10. The second-order valence-corrected chi connectivity index (χ2v) is 7.77. The maximum atomic E-state index is 12.6. The van der Waals surface area contributed by atoms with E-state index in [1.54, 1.807) is 25.5 Å². The Hall–Kier alpha value is -3.77. The van der Waals surface area contributed by atoms with E-state index in [2.05, 4.69) is 10.3 Å². The number of hydrogen-bond acceptors (Lipinski definition) is 5. The van der Waals surface area contributed by atoms with Crippen molar-refractivity contribution >= 4 is 39.9 Å². The summed E-state index contributed by atoms with van der Waals surface area (Å²) in [6.07, 6.45) is 4.73. The number of allylic oxidation sites excluding steroid dienone is 1. The number of benzene rings is 2. The number of anilines is 1. The molecule has 0 aliphatic rings. The number of fused-ring (bicyclic) bond motifs is 1. The van der Waals surface area contributed by atoms with Gasteiger partial charge in [-0.2, -0.15) is 0 Å². The summed E-state index contributed by atoms with van der Waals surface area (Å²) < 4.78 is 16.9. The monoisotopic (exact) mass is 462 g/mol. The predicted octanol–water partition coefficient (Wildman–Crippen LogP) is 6.60. The van der Waals surface area contributed by atoms with Crippen LogP contribution in [0.15, 0.2) is 71.5 Å². The number of amides is 1. The molecule has 0 aliphatic heterocycles. The van der Waals surface area contributed by atoms with Crippen molar-refractivity contribution in [2.75, 3.05) is 19.0 Å². The molecule has 168 valence electrons. The van der Waals surface area contributed by atoms with Crippen molar-refractivity contribution in [3.05, 3.63) is 77.7 Å². The van der Waals surface area contributed by atoms with Crippen LogP contribution in [0.2, 0.25) is 5.02 Å². The topological polar surface area (TPSA) is 73.6 Å². The molecule has 0 radical (unpaired) electrons. The minimum absolute atomic E-state index is 0.299. The van der Waals surface area contributed by atoms with Crippen LogP contribution in [0.4, 0.5) is 5.82 Å². The highest BCUT2D eigenvalue weighted by Crippen LogP contribution is 2.38.